The Kier molecular flexibility index (Phi) is 5.32. The molecule has 0 aliphatic rings. The van der Waals surface area contributed by atoms with E-state index < -0.39 is 5.97 Å². The first-order valence-corrected chi connectivity index (χ1v) is 5.84. The van der Waals surface area contributed by atoms with Gasteiger partial charge >= 0.3 is 5.97 Å². The fourth-order valence-electron chi connectivity index (χ4n) is 1.73. The minimum absolute atomic E-state index is 0.0125. The highest BCUT2D eigenvalue weighted by molar-refractivity contribution is 6.04. The zero-order valence-electron chi connectivity index (χ0n) is 10.3. The first kappa shape index (κ1) is 14.2. The van der Waals surface area contributed by atoms with Crippen molar-refractivity contribution < 1.29 is 19.8 Å². The summed E-state index contributed by atoms with van der Waals surface area (Å²) in [6.45, 7) is 2.48. The average Bonchev–Trinajstić information content (AvgIpc) is 2.37. The summed E-state index contributed by atoms with van der Waals surface area (Å²) >= 11 is 0. The number of hydrogen-bond donors (Lipinski definition) is 2. The van der Waals surface area contributed by atoms with E-state index in [4.69, 9.17) is 10.2 Å². The Bertz CT molecular complexity index is 425. The third-order valence-corrected chi connectivity index (χ3v) is 2.54. The van der Waals surface area contributed by atoms with Crippen molar-refractivity contribution in [3.8, 4) is 0 Å². The number of nitrogens with zero attached hydrogens (tertiary/aromatic N) is 1. The van der Waals surface area contributed by atoms with E-state index in [0.29, 0.717) is 6.54 Å². The van der Waals surface area contributed by atoms with E-state index in [2.05, 4.69) is 0 Å². The number of hydrogen-bond acceptors (Lipinski definition) is 3. The van der Waals surface area contributed by atoms with Gasteiger partial charge in [0.25, 0.3) is 5.91 Å². The molecule has 98 valence electrons. The molecule has 18 heavy (non-hydrogen) atoms. The fraction of sp³-hybridized carbons (Fsp3) is 0.385. The molecule has 2 N–H and O–H groups in total. The molecule has 0 atom stereocenters. The summed E-state index contributed by atoms with van der Waals surface area (Å²) in [5.41, 5.74) is 0.147. The van der Waals surface area contributed by atoms with Gasteiger partial charge in [-0.05, 0) is 18.6 Å². The van der Waals surface area contributed by atoms with E-state index >= 15 is 0 Å². The Balaban J connectivity index is 3.04. The second-order valence-electron chi connectivity index (χ2n) is 3.87. The van der Waals surface area contributed by atoms with Crippen molar-refractivity contribution in [3.63, 3.8) is 0 Å². The van der Waals surface area contributed by atoms with Crippen LogP contribution in [0.4, 0.5) is 0 Å². The normalized spacial score (nSPS) is 10.1. The van der Waals surface area contributed by atoms with Gasteiger partial charge in [0.05, 0.1) is 17.7 Å². The number of carboxylic acid groups (broad SMARTS) is 1. The summed E-state index contributed by atoms with van der Waals surface area (Å²) in [5, 5.41) is 18.0. The lowest BCUT2D eigenvalue weighted by molar-refractivity contribution is 0.0666. The summed E-state index contributed by atoms with van der Waals surface area (Å²) in [6, 6.07) is 6.10. The van der Waals surface area contributed by atoms with Crippen LogP contribution in [0.5, 0.6) is 0 Å². The van der Waals surface area contributed by atoms with Crippen LogP contribution in [-0.2, 0) is 0 Å². The predicted molar refractivity (Wildman–Crippen MR) is 66.7 cm³/mol. The Hall–Kier alpha value is -1.88. The van der Waals surface area contributed by atoms with Crippen LogP contribution >= 0.6 is 0 Å². The Morgan fingerprint density at radius 2 is 1.78 bits per heavy atom. The van der Waals surface area contributed by atoms with Crippen LogP contribution in [0.3, 0.4) is 0 Å². The molecule has 0 saturated heterocycles. The Morgan fingerprint density at radius 3 is 2.28 bits per heavy atom. The molecule has 0 aliphatic carbocycles. The van der Waals surface area contributed by atoms with Crippen molar-refractivity contribution in [2.45, 2.75) is 13.3 Å². The smallest absolute Gasteiger partial charge is 0.336 e. The number of carbonyl (C=O) groups is 2. The van der Waals surface area contributed by atoms with Crippen LogP contribution in [0, 0.1) is 0 Å². The van der Waals surface area contributed by atoms with E-state index in [9.17, 15) is 9.59 Å². The van der Waals surface area contributed by atoms with Crippen molar-refractivity contribution in [2.75, 3.05) is 19.7 Å². The quantitative estimate of drug-likeness (QED) is 0.797. The minimum atomic E-state index is -1.13. The zero-order valence-corrected chi connectivity index (χ0v) is 10.3. The summed E-state index contributed by atoms with van der Waals surface area (Å²) < 4.78 is 0. The monoisotopic (exact) mass is 251 g/mol. The third kappa shape index (κ3) is 3.30. The fourth-order valence-corrected chi connectivity index (χ4v) is 1.73. The Labute approximate surface area is 106 Å². The van der Waals surface area contributed by atoms with Gasteiger partial charge in [0, 0.05) is 13.1 Å². The number of benzene rings is 1. The van der Waals surface area contributed by atoms with Crippen LogP contribution < -0.4 is 0 Å². The molecule has 1 aromatic rings. The molecule has 0 bridgehead atoms. The van der Waals surface area contributed by atoms with Gasteiger partial charge in [0.2, 0.25) is 0 Å². The topological polar surface area (TPSA) is 77.8 Å². The second-order valence-corrected chi connectivity index (χ2v) is 3.87. The summed E-state index contributed by atoms with van der Waals surface area (Å²) in [6.07, 6.45) is 0.751. The highest BCUT2D eigenvalue weighted by atomic mass is 16.4. The summed E-state index contributed by atoms with van der Waals surface area (Å²) in [7, 11) is 0. The second kappa shape index (κ2) is 6.76. The van der Waals surface area contributed by atoms with Crippen LogP contribution in [0.15, 0.2) is 24.3 Å². The molecule has 5 nitrogen and oxygen atoms in total. The van der Waals surface area contributed by atoms with Crippen molar-refractivity contribution in [1.29, 1.82) is 0 Å². The number of aromatic carboxylic acids is 1. The first-order valence-electron chi connectivity index (χ1n) is 5.84. The van der Waals surface area contributed by atoms with Gasteiger partial charge in [0.15, 0.2) is 0 Å². The maximum absolute atomic E-state index is 12.2. The molecule has 0 fully saturated rings. The molecular weight excluding hydrogens is 234 g/mol. The van der Waals surface area contributed by atoms with E-state index in [1.165, 1.54) is 17.0 Å². The molecule has 0 aliphatic heterocycles. The molecule has 5 heteroatoms. The van der Waals surface area contributed by atoms with Crippen molar-refractivity contribution in [1.82, 2.24) is 4.90 Å². The maximum atomic E-state index is 12.2. The number of amides is 1. The number of aliphatic hydroxyl groups excluding tert-OH is 1. The van der Waals surface area contributed by atoms with Gasteiger partial charge in [-0.1, -0.05) is 19.1 Å². The summed E-state index contributed by atoms with van der Waals surface area (Å²) in [4.78, 5) is 24.7. The van der Waals surface area contributed by atoms with Gasteiger partial charge in [-0.3, -0.25) is 4.79 Å². The van der Waals surface area contributed by atoms with Crippen LogP contribution in [-0.4, -0.2) is 46.7 Å². The highest BCUT2D eigenvalue weighted by Crippen LogP contribution is 2.12. The van der Waals surface area contributed by atoms with Gasteiger partial charge in [0.1, 0.15) is 0 Å². The molecule has 1 rings (SSSR count). The molecule has 0 aromatic heterocycles. The minimum Gasteiger partial charge on any atom is -0.478 e. The van der Waals surface area contributed by atoms with Gasteiger partial charge in [-0.15, -0.1) is 0 Å². The molecule has 0 radical (unpaired) electrons. The number of rotatable bonds is 6. The standard InChI is InChI=1S/C13H17NO4/c1-2-7-14(8-9-15)12(16)10-5-3-4-6-11(10)13(17)18/h3-6,15H,2,7-9H2,1H3,(H,17,18). The SMILES string of the molecule is CCCN(CCO)C(=O)c1ccccc1C(=O)O. The van der Waals surface area contributed by atoms with Crippen LogP contribution in [0.2, 0.25) is 0 Å². The molecule has 1 amide bonds. The number of carboxylic acids is 1. The molecule has 0 heterocycles. The van der Waals surface area contributed by atoms with Crippen LogP contribution in [0.1, 0.15) is 34.1 Å². The lowest BCUT2D eigenvalue weighted by Gasteiger charge is -2.21. The maximum Gasteiger partial charge on any atom is 0.336 e. The van der Waals surface area contributed by atoms with Crippen molar-refractivity contribution >= 4 is 11.9 Å². The molecule has 0 unspecified atom stereocenters. The average molecular weight is 251 g/mol. The molecular formula is C13H17NO4. The highest BCUT2D eigenvalue weighted by Gasteiger charge is 2.20. The Morgan fingerprint density at radius 1 is 1.17 bits per heavy atom. The lowest BCUT2D eigenvalue weighted by Crippen LogP contribution is -2.35. The summed E-state index contributed by atoms with van der Waals surface area (Å²) in [5.74, 6) is -1.48. The number of carbonyl (C=O) groups excluding carboxylic acids is 1. The van der Waals surface area contributed by atoms with E-state index in [1.807, 2.05) is 6.92 Å². The van der Waals surface area contributed by atoms with Crippen molar-refractivity contribution in [3.05, 3.63) is 35.4 Å². The zero-order chi connectivity index (χ0) is 13.5. The van der Waals surface area contributed by atoms with Crippen LogP contribution in [0.25, 0.3) is 0 Å². The van der Waals surface area contributed by atoms with E-state index in [0.717, 1.165) is 6.42 Å². The van der Waals surface area contributed by atoms with Crippen molar-refractivity contribution in [2.24, 2.45) is 0 Å². The van der Waals surface area contributed by atoms with E-state index in [-0.39, 0.29) is 30.2 Å². The number of aliphatic hydroxyl groups is 1. The largest absolute Gasteiger partial charge is 0.478 e. The van der Waals surface area contributed by atoms with Gasteiger partial charge < -0.3 is 15.1 Å². The third-order valence-electron chi connectivity index (χ3n) is 2.54. The van der Waals surface area contributed by atoms with Gasteiger partial charge in [-0.25, -0.2) is 4.79 Å². The molecule has 0 saturated carbocycles. The van der Waals surface area contributed by atoms with Gasteiger partial charge in [-0.2, -0.15) is 0 Å². The molecule has 0 spiro atoms. The lowest BCUT2D eigenvalue weighted by atomic mass is 10.1. The van der Waals surface area contributed by atoms with E-state index in [1.54, 1.807) is 12.1 Å². The predicted octanol–water partition coefficient (Wildman–Crippen LogP) is 1.23. The first-order chi connectivity index (χ1) is 8.61. The molecule has 1 aromatic carbocycles.